The van der Waals surface area contributed by atoms with E-state index in [0.717, 1.165) is 11.1 Å². The number of fused-ring (bicyclic) bond motifs is 1. The van der Waals surface area contributed by atoms with Gasteiger partial charge in [-0.15, -0.1) is 0 Å². The molecular formula is C18H21ClN2O2. The van der Waals surface area contributed by atoms with Crippen LogP contribution in [0.2, 0.25) is 5.02 Å². The standard InChI is InChI=1S/C18H21ClN2O2/c1-10-5-8-14(16(22)20-10)21-9-12-11(17(21)23)6-7-13(15(12)19)18(2,3)4/h6-7,14H,1,5,8-9H2,2-4H3,(H,20,22). The SMILES string of the molecule is C=C1CCC(N2Cc3c(ccc(C(C)(C)C)c3Cl)C2=O)C(=O)N1. The van der Waals surface area contributed by atoms with E-state index in [4.69, 9.17) is 11.6 Å². The largest absolute Gasteiger partial charge is 0.329 e. The highest BCUT2D eigenvalue weighted by Gasteiger charge is 2.39. The van der Waals surface area contributed by atoms with Crippen LogP contribution in [-0.4, -0.2) is 22.8 Å². The zero-order chi connectivity index (χ0) is 16.9. The van der Waals surface area contributed by atoms with Crippen LogP contribution in [-0.2, 0) is 16.8 Å². The van der Waals surface area contributed by atoms with Crippen LogP contribution in [0.3, 0.4) is 0 Å². The maximum atomic E-state index is 12.7. The van der Waals surface area contributed by atoms with Crippen LogP contribution in [0.25, 0.3) is 0 Å². The van der Waals surface area contributed by atoms with Crippen LogP contribution in [0.15, 0.2) is 24.4 Å². The summed E-state index contributed by atoms with van der Waals surface area (Å²) in [7, 11) is 0. The Morgan fingerprint density at radius 1 is 1.30 bits per heavy atom. The van der Waals surface area contributed by atoms with E-state index >= 15 is 0 Å². The number of halogens is 1. The van der Waals surface area contributed by atoms with Crippen molar-refractivity contribution in [2.45, 2.75) is 51.6 Å². The molecule has 3 rings (SSSR count). The van der Waals surface area contributed by atoms with Crippen LogP contribution in [0, 0.1) is 0 Å². The maximum Gasteiger partial charge on any atom is 0.255 e. The van der Waals surface area contributed by atoms with Crippen LogP contribution in [0.5, 0.6) is 0 Å². The van der Waals surface area contributed by atoms with Crippen LogP contribution in [0.1, 0.15) is 55.1 Å². The molecule has 0 radical (unpaired) electrons. The molecule has 4 nitrogen and oxygen atoms in total. The van der Waals surface area contributed by atoms with Gasteiger partial charge >= 0.3 is 0 Å². The second-order valence-electron chi connectivity index (χ2n) is 7.28. The van der Waals surface area contributed by atoms with Crippen molar-refractivity contribution in [3.63, 3.8) is 0 Å². The Morgan fingerprint density at radius 3 is 2.61 bits per heavy atom. The molecule has 0 aromatic heterocycles. The number of amides is 2. The minimum absolute atomic E-state index is 0.0947. The molecule has 1 atom stereocenters. The van der Waals surface area contributed by atoms with Gasteiger partial charge in [-0.2, -0.15) is 0 Å². The van der Waals surface area contributed by atoms with E-state index in [2.05, 4.69) is 32.7 Å². The fraction of sp³-hybridized carbons (Fsp3) is 0.444. The molecule has 1 fully saturated rings. The minimum Gasteiger partial charge on any atom is -0.329 e. The highest BCUT2D eigenvalue weighted by atomic mass is 35.5. The lowest BCUT2D eigenvalue weighted by atomic mass is 9.85. The van der Waals surface area contributed by atoms with Gasteiger partial charge in [-0.3, -0.25) is 9.59 Å². The molecule has 0 aliphatic carbocycles. The van der Waals surface area contributed by atoms with Gasteiger partial charge in [-0.05, 0) is 29.9 Å². The van der Waals surface area contributed by atoms with Gasteiger partial charge in [0.2, 0.25) is 5.91 Å². The van der Waals surface area contributed by atoms with Gasteiger partial charge in [0.1, 0.15) is 6.04 Å². The molecule has 2 aliphatic rings. The number of allylic oxidation sites excluding steroid dienone is 1. The fourth-order valence-electron chi connectivity index (χ4n) is 3.26. The number of hydrogen-bond donors (Lipinski definition) is 1. The van der Waals surface area contributed by atoms with Crippen molar-refractivity contribution in [3.8, 4) is 0 Å². The molecule has 2 heterocycles. The zero-order valence-corrected chi connectivity index (χ0v) is 14.5. The minimum atomic E-state index is -0.449. The zero-order valence-electron chi connectivity index (χ0n) is 13.7. The molecular weight excluding hydrogens is 312 g/mol. The molecule has 1 aromatic carbocycles. The summed E-state index contributed by atoms with van der Waals surface area (Å²) >= 11 is 6.57. The van der Waals surface area contributed by atoms with Crippen LogP contribution in [0.4, 0.5) is 0 Å². The van der Waals surface area contributed by atoms with E-state index in [-0.39, 0.29) is 17.2 Å². The predicted molar refractivity (Wildman–Crippen MR) is 90.3 cm³/mol. The molecule has 1 N–H and O–H groups in total. The van der Waals surface area contributed by atoms with Gasteiger partial charge < -0.3 is 10.2 Å². The summed E-state index contributed by atoms with van der Waals surface area (Å²) in [4.78, 5) is 26.5. The highest BCUT2D eigenvalue weighted by Crippen LogP contribution is 2.38. The van der Waals surface area contributed by atoms with E-state index in [9.17, 15) is 9.59 Å². The van der Waals surface area contributed by atoms with E-state index in [1.165, 1.54) is 0 Å². The number of rotatable bonds is 1. The number of benzene rings is 1. The molecule has 0 spiro atoms. The molecule has 0 saturated carbocycles. The van der Waals surface area contributed by atoms with Crippen molar-refractivity contribution >= 4 is 23.4 Å². The first-order valence-electron chi connectivity index (χ1n) is 7.81. The third-order valence-electron chi connectivity index (χ3n) is 4.57. The normalized spacial score (nSPS) is 21.5. The number of carbonyl (C=O) groups is 2. The molecule has 1 aromatic rings. The number of hydrogen-bond acceptors (Lipinski definition) is 2. The Morgan fingerprint density at radius 2 is 2.00 bits per heavy atom. The smallest absolute Gasteiger partial charge is 0.255 e. The highest BCUT2D eigenvalue weighted by molar-refractivity contribution is 6.33. The van der Waals surface area contributed by atoms with Crippen molar-refractivity contribution in [1.82, 2.24) is 10.2 Å². The summed E-state index contributed by atoms with van der Waals surface area (Å²) < 4.78 is 0. The van der Waals surface area contributed by atoms with E-state index in [0.29, 0.717) is 35.7 Å². The lowest BCUT2D eigenvalue weighted by Crippen LogP contribution is -2.49. The third-order valence-corrected chi connectivity index (χ3v) is 5.00. The number of piperidine rings is 1. The average molecular weight is 333 g/mol. The lowest BCUT2D eigenvalue weighted by molar-refractivity contribution is -0.126. The maximum absolute atomic E-state index is 12.7. The first-order chi connectivity index (χ1) is 10.7. The van der Waals surface area contributed by atoms with Gasteiger partial charge in [0, 0.05) is 23.4 Å². The summed E-state index contributed by atoms with van der Waals surface area (Å²) in [5.74, 6) is -0.274. The number of nitrogens with zero attached hydrogens (tertiary/aromatic N) is 1. The van der Waals surface area contributed by atoms with E-state index in [1.807, 2.05) is 12.1 Å². The van der Waals surface area contributed by atoms with Crippen molar-refractivity contribution in [1.29, 1.82) is 0 Å². The summed E-state index contributed by atoms with van der Waals surface area (Å²) in [5.41, 5.74) is 3.08. The van der Waals surface area contributed by atoms with E-state index < -0.39 is 6.04 Å². The van der Waals surface area contributed by atoms with Crippen molar-refractivity contribution in [2.75, 3.05) is 0 Å². The van der Waals surface area contributed by atoms with Crippen molar-refractivity contribution < 1.29 is 9.59 Å². The fourth-order valence-corrected chi connectivity index (χ4v) is 3.77. The Labute approximate surface area is 141 Å². The first-order valence-corrected chi connectivity index (χ1v) is 8.19. The molecule has 0 bridgehead atoms. The van der Waals surface area contributed by atoms with Gasteiger partial charge in [0.25, 0.3) is 5.91 Å². The monoisotopic (exact) mass is 332 g/mol. The van der Waals surface area contributed by atoms with Crippen molar-refractivity contribution in [2.24, 2.45) is 0 Å². The molecule has 2 amide bonds. The van der Waals surface area contributed by atoms with Crippen molar-refractivity contribution in [3.05, 3.63) is 46.1 Å². The summed E-state index contributed by atoms with van der Waals surface area (Å²) in [6, 6.07) is 3.31. The summed E-state index contributed by atoms with van der Waals surface area (Å²) in [6.45, 7) is 10.4. The molecule has 5 heteroatoms. The van der Waals surface area contributed by atoms with E-state index in [1.54, 1.807) is 4.90 Å². The number of nitrogens with one attached hydrogen (secondary N) is 1. The quantitative estimate of drug-likeness (QED) is 0.857. The topological polar surface area (TPSA) is 49.4 Å². The third kappa shape index (κ3) is 2.65. The Hall–Kier alpha value is -1.81. The second kappa shape index (κ2) is 5.38. The van der Waals surface area contributed by atoms with Crippen LogP contribution >= 0.6 is 11.6 Å². The molecule has 1 saturated heterocycles. The van der Waals surface area contributed by atoms with Gasteiger partial charge in [-0.25, -0.2) is 0 Å². The number of carbonyl (C=O) groups excluding carboxylic acids is 2. The first kappa shape index (κ1) is 16.1. The lowest BCUT2D eigenvalue weighted by Gasteiger charge is -2.31. The van der Waals surface area contributed by atoms with Gasteiger partial charge in [0.05, 0.1) is 5.02 Å². The Balaban J connectivity index is 1.95. The van der Waals surface area contributed by atoms with Gasteiger partial charge in [-0.1, -0.05) is 45.0 Å². The van der Waals surface area contributed by atoms with Crippen LogP contribution < -0.4 is 5.32 Å². The predicted octanol–water partition coefficient (Wildman–Crippen LogP) is 3.39. The molecule has 23 heavy (non-hydrogen) atoms. The average Bonchev–Trinajstić information content (AvgIpc) is 2.76. The van der Waals surface area contributed by atoms with Gasteiger partial charge in [0.15, 0.2) is 0 Å². The Bertz CT molecular complexity index is 718. The Kier molecular flexibility index (Phi) is 3.75. The summed E-state index contributed by atoms with van der Waals surface area (Å²) in [6.07, 6.45) is 1.30. The molecule has 1 unspecified atom stereocenters. The molecule has 122 valence electrons. The molecule has 2 aliphatic heterocycles. The summed E-state index contributed by atoms with van der Waals surface area (Å²) in [5, 5.41) is 3.39. The second-order valence-corrected chi connectivity index (χ2v) is 7.66.